The molecule has 1 aliphatic heterocycles. The van der Waals surface area contributed by atoms with Crippen LogP contribution in [0, 0.1) is 5.82 Å². The number of hydrogen-bond acceptors (Lipinski definition) is 3. The molecule has 2 aromatic carbocycles. The molecule has 3 rings (SSSR count). The Labute approximate surface area is 124 Å². The maximum absolute atomic E-state index is 13.1. The lowest BCUT2D eigenvalue weighted by Crippen LogP contribution is -2.22. The molecule has 20 heavy (non-hydrogen) atoms. The summed E-state index contributed by atoms with van der Waals surface area (Å²) in [5.41, 5.74) is 7.26. The van der Waals surface area contributed by atoms with Gasteiger partial charge in [0.1, 0.15) is 30.0 Å². The van der Waals surface area contributed by atoms with Crippen LogP contribution in [-0.4, -0.2) is 12.7 Å². The lowest BCUT2D eigenvalue weighted by atomic mass is 10.1. The van der Waals surface area contributed by atoms with E-state index in [9.17, 15) is 4.39 Å². The Morgan fingerprint density at radius 3 is 2.95 bits per heavy atom. The Bertz CT molecular complexity index is 628. The summed E-state index contributed by atoms with van der Waals surface area (Å²) in [5, 5.41) is 0. The Kier molecular flexibility index (Phi) is 3.53. The van der Waals surface area contributed by atoms with Gasteiger partial charge in [-0.25, -0.2) is 4.39 Å². The molecule has 1 atom stereocenters. The number of nitrogen functional groups attached to an aromatic ring is 1. The van der Waals surface area contributed by atoms with Crippen molar-refractivity contribution in [3.63, 3.8) is 0 Å². The van der Waals surface area contributed by atoms with Gasteiger partial charge in [0.15, 0.2) is 0 Å². The fourth-order valence-electron chi connectivity index (χ4n) is 2.24. The zero-order chi connectivity index (χ0) is 14.1. The molecule has 0 aromatic heterocycles. The molecule has 0 aliphatic carbocycles. The standard InChI is InChI=1S/C15H13BrFNO2/c16-10-5-12(18)7-13(6-10)19-8-14-4-9-3-11(17)1-2-15(9)20-14/h1-3,5-7,14H,4,8,18H2. The molecule has 0 bridgehead atoms. The van der Waals surface area contributed by atoms with Gasteiger partial charge in [-0.05, 0) is 30.3 Å². The third kappa shape index (κ3) is 2.88. The van der Waals surface area contributed by atoms with Crippen LogP contribution in [0.15, 0.2) is 40.9 Å². The third-order valence-corrected chi connectivity index (χ3v) is 3.55. The first-order valence-corrected chi connectivity index (χ1v) is 7.03. The van der Waals surface area contributed by atoms with E-state index < -0.39 is 0 Å². The highest BCUT2D eigenvalue weighted by molar-refractivity contribution is 9.10. The Balaban J connectivity index is 1.63. The second-order valence-corrected chi connectivity index (χ2v) is 5.64. The molecule has 1 unspecified atom stereocenters. The Morgan fingerprint density at radius 1 is 1.30 bits per heavy atom. The van der Waals surface area contributed by atoms with E-state index in [1.54, 1.807) is 18.2 Å². The van der Waals surface area contributed by atoms with Gasteiger partial charge in [-0.3, -0.25) is 0 Å². The van der Waals surface area contributed by atoms with Crippen LogP contribution in [0.1, 0.15) is 5.56 Å². The molecule has 3 nitrogen and oxygen atoms in total. The molecule has 0 saturated carbocycles. The van der Waals surface area contributed by atoms with E-state index in [-0.39, 0.29) is 11.9 Å². The van der Waals surface area contributed by atoms with Crippen LogP contribution in [0.2, 0.25) is 0 Å². The molecule has 5 heteroatoms. The van der Waals surface area contributed by atoms with Crippen molar-refractivity contribution in [3.8, 4) is 11.5 Å². The van der Waals surface area contributed by atoms with E-state index in [0.29, 0.717) is 24.5 Å². The second kappa shape index (κ2) is 5.32. The van der Waals surface area contributed by atoms with Crippen molar-refractivity contribution in [3.05, 3.63) is 52.3 Å². The SMILES string of the molecule is Nc1cc(Br)cc(OCC2Cc3cc(F)ccc3O2)c1. The van der Waals surface area contributed by atoms with E-state index >= 15 is 0 Å². The number of benzene rings is 2. The van der Waals surface area contributed by atoms with Crippen molar-refractivity contribution in [2.24, 2.45) is 0 Å². The third-order valence-electron chi connectivity index (χ3n) is 3.09. The maximum atomic E-state index is 13.1. The normalized spacial score (nSPS) is 16.6. The smallest absolute Gasteiger partial charge is 0.137 e. The number of ether oxygens (including phenoxy) is 2. The zero-order valence-corrected chi connectivity index (χ0v) is 12.2. The van der Waals surface area contributed by atoms with Crippen molar-refractivity contribution in [2.45, 2.75) is 12.5 Å². The second-order valence-electron chi connectivity index (χ2n) is 4.73. The van der Waals surface area contributed by atoms with Crippen molar-refractivity contribution in [1.82, 2.24) is 0 Å². The highest BCUT2D eigenvalue weighted by Crippen LogP contribution is 2.30. The Hall–Kier alpha value is -1.75. The minimum Gasteiger partial charge on any atom is -0.490 e. The number of nitrogens with two attached hydrogens (primary N) is 1. The zero-order valence-electron chi connectivity index (χ0n) is 10.6. The lowest BCUT2D eigenvalue weighted by Gasteiger charge is -2.13. The quantitative estimate of drug-likeness (QED) is 0.871. The molecule has 0 saturated heterocycles. The number of hydrogen-bond donors (Lipinski definition) is 1. The summed E-state index contributed by atoms with van der Waals surface area (Å²) in [6.07, 6.45) is 0.545. The van der Waals surface area contributed by atoms with E-state index in [2.05, 4.69) is 15.9 Å². The summed E-state index contributed by atoms with van der Waals surface area (Å²) < 4.78 is 25.4. The fraction of sp³-hybridized carbons (Fsp3) is 0.200. The highest BCUT2D eigenvalue weighted by Gasteiger charge is 2.23. The van der Waals surface area contributed by atoms with Crippen LogP contribution in [0.3, 0.4) is 0 Å². The summed E-state index contributed by atoms with van der Waals surface area (Å²) in [5.74, 6) is 1.17. The monoisotopic (exact) mass is 337 g/mol. The van der Waals surface area contributed by atoms with Crippen LogP contribution < -0.4 is 15.2 Å². The van der Waals surface area contributed by atoms with Gasteiger partial charge in [0.2, 0.25) is 0 Å². The molecule has 2 aromatic rings. The van der Waals surface area contributed by atoms with Crippen molar-refractivity contribution >= 4 is 21.6 Å². The highest BCUT2D eigenvalue weighted by atomic mass is 79.9. The predicted molar refractivity (Wildman–Crippen MR) is 78.6 cm³/mol. The molecule has 0 radical (unpaired) electrons. The van der Waals surface area contributed by atoms with Gasteiger partial charge < -0.3 is 15.2 Å². The van der Waals surface area contributed by atoms with E-state index in [4.69, 9.17) is 15.2 Å². The first-order chi connectivity index (χ1) is 9.60. The molecule has 2 N–H and O–H groups in total. The number of rotatable bonds is 3. The molecule has 0 spiro atoms. The number of anilines is 1. The van der Waals surface area contributed by atoms with Gasteiger partial charge in [0.05, 0.1) is 0 Å². The van der Waals surface area contributed by atoms with E-state index in [1.807, 2.05) is 6.07 Å². The molecule has 0 amide bonds. The van der Waals surface area contributed by atoms with Gasteiger partial charge in [-0.1, -0.05) is 15.9 Å². The topological polar surface area (TPSA) is 44.5 Å². The van der Waals surface area contributed by atoms with Crippen LogP contribution in [-0.2, 0) is 6.42 Å². The van der Waals surface area contributed by atoms with Gasteiger partial charge in [0, 0.05) is 28.2 Å². The summed E-state index contributed by atoms with van der Waals surface area (Å²) >= 11 is 3.36. The number of halogens is 2. The first kappa shape index (κ1) is 13.2. The largest absolute Gasteiger partial charge is 0.490 e. The Morgan fingerprint density at radius 2 is 2.15 bits per heavy atom. The minimum atomic E-state index is -0.242. The van der Waals surface area contributed by atoms with Crippen molar-refractivity contribution < 1.29 is 13.9 Å². The minimum absolute atomic E-state index is 0.105. The van der Waals surface area contributed by atoms with Crippen LogP contribution >= 0.6 is 15.9 Å². The molecule has 1 heterocycles. The first-order valence-electron chi connectivity index (χ1n) is 6.24. The fourth-order valence-corrected chi connectivity index (χ4v) is 2.73. The average molecular weight is 338 g/mol. The van der Waals surface area contributed by atoms with Gasteiger partial charge in [-0.2, -0.15) is 0 Å². The predicted octanol–water partition coefficient (Wildman–Crippen LogP) is 3.55. The van der Waals surface area contributed by atoms with Gasteiger partial charge in [0.25, 0.3) is 0 Å². The van der Waals surface area contributed by atoms with E-state index in [1.165, 1.54) is 12.1 Å². The maximum Gasteiger partial charge on any atom is 0.137 e. The molecule has 0 fully saturated rings. The van der Waals surface area contributed by atoms with Crippen LogP contribution in [0.25, 0.3) is 0 Å². The molecule has 104 valence electrons. The lowest BCUT2D eigenvalue weighted by molar-refractivity contribution is 0.148. The summed E-state index contributed by atoms with van der Waals surface area (Å²) in [6.45, 7) is 0.395. The molecular weight excluding hydrogens is 325 g/mol. The molecule has 1 aliphatic rings. The van der Waals surface area contributed by atoms with E-state index in [0.717, 1.165) is 15.8 Å². The van der Waals surface area contributed by atoms with Crippen LogP contribution in [0.4, 0.5) is 10.1 Å². The average Bonchev–Trinajstić information content (AvgIpc) is 2.77. The van der Waals surface area contributed by atoms with Gasteiger partial charge in [-0.15, -0.1) is 0 Å². The summed E-state index contributed by atoms with van der Waals surface area (Å²) in [6, 6.07) is 9.97. The van der Waals surface area contributed by atoms with Crippen LogP contribution in [0.5, 0.6) is 11.5 Å². The number of fused-ring (bicyclic) bond motifs is 1. The summed E-state index contributed by atoms with van der Waals surface area (Å²) in [7, 11) is 0. The summed E-state index contributed by atoms with van der Waals surface area (Å²) in [4.78, 5) is 0. The van der Waals surface area contributed by atoms with Crippen molar-refractivity contribution in [1.29, 1.82) is 0 Å². The van der Waals surface area contributed by atoms with Gasteiger partial charge >= 0.3 is 0 Å². The molecular formula is C15H13BrFNO2. The van der Waals surface area contributed by atoms with Crippen molar-refractivity contribution in [2.75, 3.05) is 12.3 Å².